The Labute approximate surface area is 180 Å². The highest BCUT2D eigenvalue weighted by Crippen LogP contribution is 2.30. The van der Waals surface area contributed by atoms with Crippen LogP contribution in [0.3, 0.4) is 0 Å². The molecule has 3 heterocycles. The average Bonchev–Trinajstić information content (AvgIpc) is 3.21. The molecule has 0 saturated carbocycles. The first-order valence-corrected chi connectivity index (χ1v) is 11.5. The quantitative estimate of drug-likeness (QED) is 0.493. The zero-order valence-corrected chi connectivity index (χ0v) is 17.7. The standard InChI is InChI=1S/C25H25N3OS/c29-24-23-21(20-9-5-2-6-10-20)17-30-25(23)27-22(26-24)16-28-13-11-19(12-14-28)15-18-7-3-1-4-8-18/h1-10,17,19H,11-16H2,(H,26,27,29). The maximum absolute atomic E-state index is 12.8. The molecule has 0 atom stereocenters. The average molecular weight is 416 g/mol. The Balaban J connectivity index is 1.27. The third-order valence-corrected chi connectivity index (χ3v) is 6.90. The van der Waals surface area contributed by atoms with E-state index in [1.807, 2.05) is 35.7 Å². The second-order valence-electron chi connectivity index (χ2n) is 8.12. The van der Waals surface area contributed by atoms with Crippen molar-refractivity contribution >= 4 is 21.6 Å². The highest BCUT2D eigenvalue weighted by Gasteiger charge is 2.21. The normalized spacial score (nSPS) is 15.6. The van der Waals surface area contributed by atoms with Crippen LogP contribution in [0, 0.1) is 5.92 Å². The Kier molecular flexibility index (Phi) is 5.47. The van der Waals surface area contributed by atoms with Gasteiger partial charge in [-0.1, -0.05) is 60.7 Å². The molecule has 0 amide bonds. The van der Waals surface area contributed by atoms with Crippen LogP contribution in [-0.4, -0.2) is 28.0 Å². The molecule has 2 aromatic heterocycles. The van der Waals surface area contributed by atoms with Gasteiger partial charge in [-0.15, -0.1) is 11.3 Å². The van der Waals surface area contributed by atoms with Crippen LogP contribution < -0.4 is 5.56 Å². The van der Waals surface area contributed by atoms with Crippen molar-refractivity contribution < 1.29 is 0 Å². The first-order chi connectivity index (χ1) is 14.8. The van der Waals surface area contributed by atoms with Crippen LogP contribution in [0.25, 0.3) is 21.3 Å². The number of hydrogen-bond donors (Lipinski definition) is 1. The topological polar surface area (TPSA) is 49.0 Å². The van der Waals surface area contributed by atoms with Crippen LogP contribution in [0.15, 0.2) is 70.8 Å². The van der Waals surface area contributed by atoms with Crippen LogP contribution in [-0.2, 0) is 13.0 Å². The summed E-state index contributed by atoms with van der Waals surface area (Å²) < 4.78 is 0. The molecule has 30 heavy (non-hydrogen) atoms. The Bertz CT molecular complexity index is 1180. The number of benzene rings is 2. The van der Waals surface area contributed by atoms with Gasteiger partial charge in [0, 0.05) is 10.9 Å². The number of hydrogen-bond acceptors (Lipinski definition) is 4. The van der Waals surface area contributed by atoms with E-state index >= 15 is 0 Å². The van der Waals surface area contributed by atoms with Crippen molar-refractivity contribution in [1.29, 1.82) is 0 Å². The largest absolute Gasteiger partial charge is 0.309 e. The van der Waals surface area contributed by atoms with Gasteiger partial charge < -0.3 is 4.98 Å². The lowest BCUT2D eigenvalue weighted by Gasteiger charge is -2.31. The number of fused-ring (bicyclic) bond motifs is 1. The number of nitrogens with one attached hydrogen (secondary N) is 1. The predicted molar refractivity (Wildman–Crippen MR) is 124 cm³/mol. The molecule has 0 radical (unpaired) electrons. The number of rotatable bonds is 5. The van der Waals surface area contributed by atoms with E-state index in [-0.39, 0.29) is 5.56 Å². The molecule has 0 aliphatic carbocycles. The molecule has 1 saturated heterocycles. The van der Waals surface area contributed by atoms with E-state index in [2.05, 4.69) is 40.2 Å². The molecule has 1 N–H and O–H groups in total. The minimum atomic E-state index is -0.0333. The van der Waals surface area contributed by atoms with Gasteiger partial charge in [-0.05, 0) is 49.4 Å². The van der Waals surface area contributed by atoms with Gasteiger partial charge in [0.25, 0.3) is 5.56 Å². The van der Waals surface area contributed by atoms with Crippen molar-refractivity contribution in [2.45, 2.75) is 25.8 Å². The molecular formula is C25H25N3OS. The monoisotopic (exact) mass is 415 g/mol. The molecular weight excluding hydrogens is 390 g/mol. The first-order valence-electron chi connectivity index (χ1n) is 10.6. The molecule has 2 aromatic carbocycles. The SMILES string of the molecule is O=c1[nH]c(CN2CCC(Cc3ccccc3)CC2)nc2scc(-c3ccccc3)c12. The maximum atomic E-state index is 12.8. The van der Waals surface area contributed by atoms with Gasteiger partial charge in [0.2, 0.25) is 0 Å². The number of aromatic nitrogens is 2. The van der Waals surface area contributed by atoms with Crippen molar-refractivity contribution in [2.24, 2.45) is 5.92 Å². The van der Waals surface area contributed by atoms with E-state index < -0.39 is 0 Å². The summed E-state index contributed by atoms with van der Waals surface area (Å²) in [6.07, 6.45) is 3.55. The molecule has 0 spiro atoms. The molecule has 5 rings (SSSR count). The fraction of sp³-hybridized carbons (Fsp3) is 0.280. The molecule has 1 fully saturated rings. The smallest absolute Gasteiger partial charge is 0.260 e. The van der Waals surface area contributed by atoms with Crippen LogP contribution in [0.2, 0.25) is 0 Å². The third kappa shape index (κ3) is 4.09. The first kappa shape index (κ1) is 19.2. The summed E-state index contributed by atoms with van der Waals surface area (Å²) >= 11 is 1.55. The molecule has 152 valence electrons. The maximum Gasteiger partial charge on any atom is 0.260 e. The van der Waals surface area contributed by atoms with Gasteiger partial charge in [0.1, 0.15) is 10.7 Å². The Morgan fingerprint density at radius 3 is 2.43 bits per heavy atom. The van der Waals surface area contributed by atoms with Gasteiger partial charge in [-0.2, -0.15) is 0 Å². The fourth-order valence-corrected chi connectivity index (χ4v) is 5.37. The molecule has 5 heteroatoms. The van der Waals surface area contributed by atoms with E-state index in [1.54, 1.807) is 11.3 Å². The third-order valence-electron chi connectivity index (χ3n) is 6.03. The summed E-state index contributed by atoms with van der Waals surface area (Å²) in [4.78, 5) is 23.9. The molecule has 0 unspecified atom stereocenters. The molecule has 1 aliphatic rings. The zero-order valence-electron chi connectivity index (χ0n) is 16.9. The number of nitrogens with zero attached hydrogens (tertiary/aromatic N) is 2. The Hall–Kier alpha value is -2.76. The summed E-state index contributed by atoms with van der Waals surface area (Å²) in [7, 11) is 0. The summed E-state index contributed by atoms with van der Waals surface area (Å²) in [6.45, 7) is 2.82. The highest BCUT2D eigenvalue weighted by atomic mass is 32.1. The van der Waals surface area contributed by atoms with Crippen LogP contribution >= 0.6 is 11.3 Å². The summed E-state index contributed by atoms with van der Waals surface area (Å²) in [5.74, 6) is 1.51. The van der Waals surface area contributed by atoms with E-state index in [0.717, 1.165) is 47.2 Å². The van der Waals surface area contributed by atoms with Crippen molar-refractivity contribution in [3.63, 3.8) is 0 Å². The lowest BCUT2D eigenvalue weighted by molar-refractivity contribution is 0.173. The van der Waals surface area contributed by atoms with E-state index in [0.29, 0.717) is 11.9 Å². The molecule has 0 bridgehead atoms. The predicted octanol–water partition coefficient (Wildman–Crippen LogP) is 5.11. The van der Waals surface area contributed by atoms with Gasteiger partial charge in [0.15, 0.2) is 0 Å². The minimum absolute atomic E-state index is 0.0333. The Morgan fingerprint density at radius 2 is 1.70 bits per heavy atom. The fourth-order valence-electron chi connectivity index (χ4n) is 4.41. The van der Waals surface area contributed by atoms with Gasteiger partial charge in [-0.25, -0.2) is 4.98 Å². The van der Waals surface area contributed by atoms with Crippen LogP contribution in [0.4, 0.5) is 0 Å². The summed E-state index contributed by atoms with van der Waals surface area (Å²) in [5.41, 5.74) is 3.43. The van der Waals surface area contributed by atoms with E-state index in [1.165, 1.54) is 18.4 Å². The Morgan fingerprint density at radius 1 is 1.00 bits per heavy atom. The zero-order chi connectivity index (χ0) is 20.3. The lowest BCUT2D eigenvalue weighted by atomic mass is 9.90. The number of aromatic amines is 1. The molecule has 4 nitrogen and oxygen atoms in total. The number of likely N-dealkylation sites (tertiary alicyclic amines) is 1. The van der Waals surface area contributed by atoms with E-state index in [4.69, 9.17) is 4.98 Å². The number of thiophene rings is 1. The summed E-state index contributed by atoms with van der Waals surface area (Å²) in [6, 6.07) is 20.8. The molecule has 4 aromatic rings. The van der Waals surface area contributed by atoms with Crippen LogP contribution in [0.1, 0.15) is 24.2 Å². The van der Waals surface area contributed by atoms with Crippen molar-refractivity contribution in [3.05, 3.63) is 87.8 Å². The van der Waals surface area contributed by atoms with Gasteiger partial charge in [-0.3, -0.25) is 9.69 Å². The summed E-state index contributed by atoms with van der Waals surface area (Å²) in [5, 5.41) is 2.75. The highest BCUT2D eigenvalue weighted by molar-refractivity contribution is 7.17. The van der Waals surface area contributed by atoms with Gasteiger partial charge in [0.05, 0.1) is 11.9 Å². The number of H-pyrrole nitrogens is 1. The van der Waals surface area contributed by atoms with Crippen molar-refractivity contribution in [1.82, 2.24) is 14.9 Å². The van der Waals surface area contributed by atoms with E-state index in [9.17, 15) is 4.79 Å². The van der Waals surface area contributed by atoms with Crippen molar-refractivity contribution in [3.8, 4) is 11.1 Å². The second kappa shape index (κ2) is 8.54. The van der Waals surface area contributed by atoms with Crippen LogP contribution in [0.5, 0.6) is 0 Å². The van der Waals surface area contributed by atoms with Gasteiger partial charge >= 0.3 is 0 Å². The second-order valence-corrected chi connectivity index (χ2v) is 8.98. The molecule has 1 aliphatic heterocycles. The number of piperidine rings is 1. The van der Waals surface area contributed by atoms with Crippen molar-refractivity contribution in [2.75, 3.05) is 13.1 Å². The minimum Gasteiger partial charge on any atom is -0.309 e. The lowest BCUT2D eigenvalue weighted by Crippen LogP contribution is -2.34.